The van der Waals surface area contributed by atoms with E-state index in [4.69, 9.17) is 0 Å². The van der Waals surface area contributed by atoms with Crippen LogP contribution in [0.2, 0.25) is 0 Å². The van der Waals surface area contributed by atoms with Gasteiger partial charge in [-0.2, -0.15) is 0 Å². The zero-order valence-electron chi connectivity index (χ0n) is 13.3. The van der Waals surface area contributed by atoms with Gasteiger partial charge in [-0.25, -0.2) is 0 Å². The molecular formula is C19H28O2. The van der Waals surface area contributed by atoms with E-state index in [0.29, 0.717) is 29.0 Å². The van der Waals surface area contributed by atoms with E-state index < -0.39 is 0 Å². The first kappa shape index (κ1) is 14.0. The van der Waals surface area contributed by atoms with Crippen LogP contribution in [-0.2, 0) is 4.79 Å². The van der Waals surface area contributed by atoms with Crippen molar-refractivity contribution in [1.29, 1.82) is 0 Å². The lowest BCUT2D eigenvalue weighted by Gasteiger charge is -2.59. The molecule has 4 aliphatic rings. The van der Waals surface area contributed by atoms with Crippen molar-refractivity contribution in [3.05, 3.63) is 12.2 Å². The Morgan fingerprint density at radius 1 is 1.14 bits per heavy atom. The molecule has 0 spiro atoms. The first-order chi connectivity index (χ1) is 9.95. The number of fused-ring (bicyclic) bond motifs is 5. The van der Waals surface area contributed by atoms with Crippen LogP contribution in [0.4, 0.5) is 0 Å². The normalized spacial score (nSPS) is 55.8. The van der Waals surface area contributed by atoms with Crippen LogP contribution in [0.1, 0.15) is 58.8 Å². The van der Waals surface area contributed by atoms with E-state index >= 15 is 0 Å². The number of allylic oxidation sites excluding steroid dienone is 2. The first-order valence-corrected chi connectivity index (χ1v) is 8.86. The smallest absolute Gasteiger partial charge is 0.161 e. The fraction of sp³-hybridized carbons (Fsp3) is 0.842. The number of ketones is 1. The summed E-state index contributed by atoms with van der Waals surface area (Å²) in [5.74, 6) is 3.01. The predicted molar refractivity (Wildman–Crippen MR) is 82.6 cm³/mol. The van der Waals surface area contributed by atoms with Crippen molar-refractivity contribution in [2.24, 2.45) is 34.5 Å². The van der Waals surface area contributed by atoms with E-state index in [0.717, 1.165) is 25.2 Å². The number of rotatable bonds is 0. The fourth-order valence-electron chi connectivity index (χ4n) is 6.51. The van der Waals surface area contributed by atoms with Crippen molar-refractivity contribution in [2.45, 2.75) is 64.9 Å². The van der Waals surface area contributed by atoms with Crippen LogP contribution in [0, 0.1) is 34.5 Å². The lowest BCUT2D eigenvalue weighted by molar-refractivity contribution is -0.139. The van der Waals surface area contributed by atoms with Gasteiger partial charge in [0.05, 0.1) is 6.10 Å². The van der Waals surface area contributed by atoms with Gasteiger partial charge in [-0.3, -0.25) is 4.79 Å². The second-order valence-electron chi connectivity index (χ2n) is 8.68. The highest BCUT2D eigenvalue weighted by Crippen LogP contribution is 2.64. The van der Waals surface area contributed by atoms with E-state index in [1.54, 1.807) is 0 Å². The highest BCUT2D eigenvalue weighted by molar-refractivity contribution is 5.97. The van der Waals surface area contributed by atoms with E-state index in [1.807, 2.05) is 6.08 Å². The summed E-state index contributed by atoms with van der Waals surface area (Å²) in [5, 5.41) is 10.0. The number of aliphatic hydroxyl groups is 1. The third-order valence-corrected chi connectivity index (χ3v) is 7.91. The molecule has 4 aliphatic carbocycles. The Labute approximate surface area is 128 Å². The molecule has 0 aromatic carbocycles. The van der Waals surface area contributed by atoms with Gasteiger partial charge in [0.25, 0.3) is 0 Å². The molecule has 2 nitrogen and oxygen atoms in total. The average molecular weight is 288 g/mol. The van der Waals surface area contributed by atoms with Gasteiger partial charge >= 0.3 is 0 Å². The topological polar surface area (TPSA) is 37.3 Å². The van der Waals surface area contributed by atoms with Gasteiger partial charge in [0.15, 0.2) is 5.78 Å². The Kier molecular flexibility index (Phi) is 2.96. The minimum absolute atomic E-state index is 0.0681. The minimum Gasteiger partial charge on any atom is -0.393 e. The van der Waals surface area contributed by atoms with Gasteiger partial charge in [0.2, 0.25) is 0 Å². The van der Waals surface area contributed by atoms with Crippen molar-refractivity contribution in [3.63, 3.8) is 0 Å². The lowest BCUT2D eigenvalue weighted by atomic mass is 9.45. The zero-order valence-corrected chi connectivity index (χ0v) is 13.3. The number of hydrogen-bond acceptors (Lipinski definition) is 2. The molecule has 0 unspecified atom stereocenters. The number of carbonyl (C=O) groups excluding carboxylic acids is 1. The molecule has 0 amide bonds. The number of hydrogen-bond donors (Lipinski definition) is 1. The van der Waals surface area contributed by atoms with Gasteiger partial charge in [-0.05, 0) is 80.1 Å². The van der Waals surface area contributed by atoms with Crippen molar-refractivity contribution in [2.75, 3.05) is 0 Å². The molecule has 21 heavy (non-hydrogen) atoms. The lowest BCUT2D eigenvalue weighted by Crippen LogP contribution is -2.54. The molecule has 4 rings (SSSR count). The maximum absolute atomic E-state index is 12.3. The van der Waals surface area contributed by atoms with Gasteiger partial charge < -0.3 is 5.11 Å². The Morgan fingerprint density at radius 3 is 2.76 bits per heavy atom. The molecule has 2 heteroatoms. The summed E-state index contributed by atoms with van der Waals surface area (Å²) in [5.41, 5.74) is 0.307. The Bertz CT molecular complexity index is 496. The summed E-state index contributed by atoms with van der Waals surface area (Å²) in [7, 11) is 0. The van der Waals surface area contributed by atoms with Crippen LogP contribution in [0.15, 0.2) is 12.2 Å². The fourth-order valence-corrected chi connectivity index (χ4v) is 6.51. The number of aliphatic hydroxyl groups excluding tert-OH is 1. The molecule has 0 saturated heterocycles. The molecule has 0 aromatic heterocycles. The van der Waals surface area contributed by atoms with Crippen molar-refractivity contribution in [1.82, 2.24) is 0 Å². The third-order valence-electron chi connectivity index (χ3n) is 7.91. The van der Waals surface area contributed by atoms with Crippen molar-refractivity contribution < 1.29 is 9.90 Å². The zero-order chi connectivity index (χ0) is 14.8. The summed E-state index contributed by atoms with van der Waals surface area (Å²) < 4.78 is 0. The van der Waals surface area contributed by atoms with Crippen molar-refractivity contribution in [3.8, 4) is 0 Å². The molecule has 0 bridgehead atoms. The molecule has 0 heterocycles. The molecule has 7 atom stereocenters. The van der Waals surface area contributed by atoms with Crippen molar-refractivity contribution >= 4 is 5.78 Å². The summed E-state index contributed by atoms with van der Waals surface area (Å²) in [6, 6.07) is 0. The second-order valence-corrected chi connectivity index (χ2v) is 8.68. The second kappa shape index (κ2) is 4.44. The van der Waals surface area contributed by atoms with Crippen LogP contribution in [0.5, 0.6) is 0 Å². The predicted octanol–water partition coefficient (Wildman–Crippen LogP) is 3.74. The van der Waals surface area contributed by atoms with Crippen LogP contribution in [0.25, 0.3) is 0 Å². The van der Waals surface area contributed by atoms with E-state index in [9.17, 15) is 9.90 Å². The maximum Gasteiger partial charge on any atom is 0.161 e. The quantitative estimate of drug-likeness (QED) is 0.737. The molecule has 1 N–H and O–H groups in total. The summed E-state index contributed by atoms with van der Waals surface area (Å²) in [6.45, 7) is 4.69. The third kappa shape index (κ3) is 1.78. The molecule has 0 aliphatic heterocycles. The van der Waals surface area contributed by atoms with Crippen LogP contribution in [0.3, 0.4) is 0 Å². The van der Waals surface area contributed by atoms with E-state index in [1.165, 1.54) is 25.7 Å². The monoisotopic (exact) mass is 288 g/mol. The Balaban J connectivity index is 1.65. The highest BCUT2D eigenvalue weighted by Gasteiger charge is 2.58. The highest BCUT2D eigenvalue weighted by atomic mass is 16.3. The van der Waals surface area contributed by atoms with Crippen LogP contribution >= 0.6 is 0 Å². The molecule has 116 valence electrons. The largest absolute Gasteiger partial charge is 0.393 e. The summed E-state index contributed by atoms with van der Waals surface area (Å²) in [4.78, 5) is 12.3. The average Bonchev–Trinajstić information content (AvgIpc) is 2.76. The number of carbonyl (C=O) groups is 1. The van der Waals surface area contributed by atoms with Crippen LogP contribution < -0.4 is 0 Å². The summed E-state index contributed by atoms with van der Waals surface area (Å²) >= 11 is 0. The standard InChI is InChI=1S/C19H28O2/c1-18-9-7-13(20)11-12(18)3-4-14-15-5-6-17(21)19(15,2)10-8-16(14)18/h5-6,12-16,20H,3-4,7-11H2,1-2H3/t12-,13+,14-,15+,16-,18-,19-/m0/s1. The van der Waals surface area contributed by atoms with Gasteiger partial charge in [-0.1, -0.05) is 19.9 Å². The molecule has 0 aromatic rings. The molecule has 0 radical (unpaired) electrons. The molecular weight excluding hydrogens is 260 g/mol. The minimum atomic E-state index is -0.0987. The summed E-state index contributed by atoms with van der Waals surface area (Å²) in [6.07, 6.45) is 12.0. The maximum atomic E-state index is 12.3. The van der Waals surface area contributed by atoms with Gasteiger partial charge in [-0.15, -0.1) is 0 Å². The first-order valence-electron chi connectivity index (χ1n) is 8.86. The van der Waals surface area contributed by atoms with Gasteiger partial charge in [0.1, 0.15) is 0 Å². The van der Waals surface area contributed by atoms with Gasteiger partial charge in [0, 0.05) is 5.41 Å². The van der Waals surface area contributed by atoms with Crippen LogP contribution in [-0.4, -0.2) is 17.0 Å². The Hall–Kier alpha value is -0.630. The van der Waals surface area contributed by atoms with E-state index in [-0.39, 0.29) is 11.5 Å². The molecule has 3 fully saturated rings. The van der Waals surface area contributed by atoms with E-state index in [2.05, 4.69) is 19.9 Å². The SMILES string of the molecule is C[C@]12CC[C@@H](O)C[C@@H]1CC[C@H]1[C@H]3C=CC(=O)[C@@]3(C)CC[C@@H]12. The Morgan fingerprint density at radius 2 is 1.95 bits per heavy atom. The molecule has 3 saturated carbocycles.